The van der Waals surface area contributed by atoms with Gasteiger partial charge in [-0.05, 0) is 36.2 Å². The van der Waals surface area contributed by atoms with Gasteiger partial charge in [0.05, 0.1) is 0 Å². The summed E-state index contributed by atoms with van der Waals surface area (Å²) in [6, 6.07) is 15.3. The summed E-state index contributed by atoms with van der Waals surface area (Å²) in [5.74, 6) is -0.258. The van der Waals surface area contributed by atoms with Crippen LogP contribution in [0.2, 0.25) is 0 Å². The fraction of sp³-hybridized carbons (Fsp3) is 0.133. The molecule has 2 amide bonds. The first-order valence-corrected chi connectivity index (χ1v) is 6.08. The average Bonchev–Trinajstić information content (AvgIpc) is 2.40. The lowest BCUT2D eigenvalue weighted by Gasteiger charge is -2.07. The Morgan fingerprint density at radius 1 is 1.05 bits per heavy atom. The number of amides is 2. The molecular formula is C15H15FN2O. The van der Waals surface area contributed by atoms with Gasteiger partial charge in [0.25, 0.3) is 0 Å². The summed E-state index contributed by atoms with van der Waals surface area (Å²) in [5.41, 5.74) is 1.60. The first kappa shape index (κ1) is 13.1. The number of halogens is 1. The summed E-state index contributed by atoms with van der Waals surface area (Å²) in [7, 11) is 0. The fourth-order valence-corrected chi connectivity index (χ4v) is 1.71. The quantitative estimate of drug-likeness (QED) is 0.868. The van der Waals surface area contributed by atoms with Gasteiger partial charge in [0.15, 0.2) is 0 Å². The molecule has 0 bridgehead atoms. The molecule has 0 aliphatic rings. The third kappa shape index (κ3) is 4.43. The van der Waals surface area contributed by atoms with E-state index in [0.29, 0.717) is 13.0 Å². The molecule has 0 aliphatic carbocycles. The van der Waals surface area contributed by atoms with Gasteiger partial charge in [-0.1, -0.05) is 30.3 Å². The number of urea groups is 1. The predicted molar refractivity (Wildman–Crippen MR) is 73.6 cm³/mol. The van der Waals surface area contributed by atoms with Gasteiger partial charge in [-0.25, -0.2) is 9.18 Å². The number of hydrogen-bond acceptors (Lipinski definition) is 1. The maximum absolute atomic E-state index is 12.9. The van der Waals surface area contributed by atoms with Gasteiger partial charge in [-0.2, -0.15) is 0 Å². The molecule has 0 unspecified atom stereocenters. The number of anilines is 1. The third-order valence-electron chi connectivity index (χ3n) is 2.62. The SMILES string of the molecule is O=C(NCCc1cccc(F)c1)Nc1ccccc1. The van der Waals surface area contributed by atoms with Gasteiger partial charge in [-0.3, -0.25) is 0 Å². The van der Waals surface area contributed by atoms with Gasteiger partial charge in [-0.15, -0.1) is 0 Å². The van der Waals surface area contributed by atoms with E-state index in [4.69, 9.17) is 0 Å². The van der Waals surface area contributed by atoms with Gasteiger partial charge in [0.1, 0.15) is 5.82 Å². The van der Waals surface area contributed by atoms with Crippen LogP contribution in [0.1, 0.15) is 5.56 Å². The second-order valence-corrected chi connectivity index (χ2v) is 4.13. The molecule has 19 heavy (non-hydrogen) atoms. The van der Waals surface area contributed by atoms with Crippen molar-refractivity contribution < 1.29 is 9.18 Å². The Hall–Kier alpha value is -2.36. The summed E-state index contributed by atoms with van der Waals surface area (Å²) in [6.45, 7) is 0.460. The van der Waals surface area contributed by atoms with E-state index in [1.807, 2.05) is 36.4 Å². The van der Waals surface area contributed by atoms with Crippen LogP contribution in [-0.4, -0.2) is 12.6 Å². The molecule has 2 aromatic carbocycles. The van der Waals surface area contributed by atoms with Crippen LogP contribution in [-0.2, 0) is 6.42 Å². The van der Waals surface area contributed by atoms with E-state index in [2.05, 4.69) is 10.6 Å². The zero-order valence-electron chi connectivity index (χ0n) is 10.4. The molecule has 0 saturated carbocycles. The molecule has 0 radical (unpaired) electrons. The molecule has 0 spiro atoms. The number of carbonyl (C=O) groups excluding carboxylic acids is 1. The zero-order chi connectivity index (χ0) is 13.5. The van der Waals surface area contributed by atoms with Gasteiger partial charge in [0, 0.05) is 12.2 Å². The van der Waals surface area contributed by atoms with Crippen molar-refractivity contribution in [3.63, 3.8) is 0 Å². The fourth-order valence-electron chi connectivity index (χ4n) is 1.71. The van der Waals surface area contributed by atoms with Crippen molar-refractivity contribution in [3.8, 4) is 0 Å². The lowest BCUT2D eigenvalue weighted by atomic mass is 10.1. The number of benzene rings is 2. The minimum atomic E-state index is -0.261. The number of rotatable bonds is 4. The summed E-state index contributed by atoms with van der Waals surface area (Å²) in [4.78, 5) is 11.6. The van der Waals surface area contributed by atoms with E-state index in [9.17, 15) is 9.18 Å². The number of para-hydroxylation sites is 1. The average molecular weight is 258 g/mol. The van der Waals surface area contributed by atoms with E-state index in [0.717, 1.165) is 11.3 Å². The maximum Gasteiger partial charge on any atom is 0.319 e. The van der Waals surface area contributed by atoms with Crippen LogP contribution in [0, 0.1) is 5.82 Å². The minimum Gasteiger partial charge on any atom is -0.338 e. The zero-order valence-corrected chi connectivity index (χ0v) is 10.4. The monoisotopic (exact) mass is 258 g/mol. The Labute approximate surface area is 111 Å². The molecule has 0 aliphatic heterocycles. The molecule has 4 heteroatoms. The van der Waals surface area contributed by atoms with Crippen LogP contribution in [0.3, 0.4) is 0 Å². The molecule has 0 atom stereocenters. The molecule has 3 nitrogen and oxygen atoms in total. The smallest absolute Gasteiger partial charge is 0.319 e. The van der Waals surface area contributed by atoms with Crippen molar-refractivity contribution in [1.82, 2.24) is 5.32 Å². The predicted octanol–water partition coefficient (Wildman–Crippen LogP) is 3.19. The van der Waals surface area contributed by atoms with Crippen LogP contribution in [0.15, 0.2) is 54.6 Å². The Morgan fingerprint density at radius 2 is 1.84 bits per heavy atom. The van der Waals surface area contributed by atoms with Crippen LogP contribution < -0.4 is 10.6 Å². The first-order chi connectivity index (χ1) is 9.24. The highest BCUT2D eigenvalue weighted by molar-refractivity contribution is 5.89. The van der Waals surface area contributed by atoms with E-state index in [-0.39, 0.29) is 11.8 Å². The Bertz CT molecular complexity index is 543. The standard InChI is InChI=1S/C15H15FN2O/c16-13-6-4-5-12(11-13)9-10-17-15(19)18-14-7-2-1-3-8-14/h1-8,11H,9-10H2,(H2,17,18,19). The maximum atomic E-state index is 12.9. The molecule has 2 rings (SSSR count). The van der Waals surface area contributed by atoms with E-state index in [1.54, 1.807) is 6.07 Å². The Morgan fingerprint density at radius 3 is 2.58 bits per heavy atom. The molecule has 0 fully saturated rings. The van der Waals surface area contributed by atoms with E-state index >= 15 is 0 Å². The number of carbonyl (C=O) groups is 1. The second-order valence-electron chi connectivity index (χ2n) is 4.13. The molecule has 98 valence electrons. The number of hydrogen-bond donors (Lipinski definition) is 2. The molecule has 2 N–H and O–H groups in total. The molecule has 0 aromatic heterocycles. The largest absolute Gasteiger partial charge is 0.338 e. The van der Waals surface area contributed by atoms with Gasteiger partial charge >= 0.3 is 6.03 Å². The van der Waals surface area contributed by atoms with Crippen LogP contribution in [0.5, 0.6) is 0 Å². The summed E-state index contributed by atoms with van der Waals surface area (Å²) >= 11 is 0. The number of nitrogens with one attached hydrogen (secondary N) is 2. The van der Waals surface area contributed by atoms with Crippen molar-refractivity contribution in [2.24, 2.45) is 0 Å². The van der Waals surface area contributed by atoms with E-state index < -0.39 is 0 Å². The van der Waals surface area contributed by atoms with Crippen LogP contribution in [0.25, 0.3) is 0 Å². The highest BCUT2D eigenvalue weighted by Gasteiger charge is 2.01. The molecule has 2 aromatic rings. The lowest BCUT2D eigenvalue weighted by molar-refractivity contribution is 0.252. The highest BCUT2D eigenvalue weighted by Crippen LogP contribution is 2.05. The minimum absolute atomic E-state index is 0.258. The molecular weight excluding hydrogens is 243 g/mol. The summed E-state index contributed by atoms with van der Waals surface area (Å²) < 4.78 is 12.9. The van der Waals surface area contributed by atoms with Crippen molar-refractivity contribution in [1.29, 1.82) is 0 Å². The van der Waals surface area contributed by atoms with E-state index in [1.165, 1.54) is 12.1 Å². The lowest BCUT2D eigenvalue weighted by Crippen LogP contribution is -2.30. The molecule has 0 saturated heterocycles. The Balaban J connectivity index is 1.75. The van der Waals surface area contributed by atoms with Crippen molar-refractivity contribution >= 4 is 11.7 Å². The van der Waals surface area contributed by atoms with Gasteiger partial charge in [0.2, 0.25) is 0 Å². The van der Waals surface area contributed by atoms with Crippen molar-refractivity contribution in [2.75, 3.05) is 11.9 Å². The normalized spacial score (nSPS) is 9.95. The summed E-state index contributed by atoms with van der Waals surface area (Å²) in [5, 5.41) is 5.44. The van der Waals surface area contributed by atoms with Crippen LogP contribution in [0.4, 0.5) is 14.9 Å². The van der Waals surface area contributed by atoms with Crippen molar-refractivity contribution in [2.45, 2.75) is 6.42 Å². The first-order valence-electron chi connectivity index (χ1n) is 6.08. The Kier molecular flexibility index (Phi) is 4.50. The summed E-state index contributed by atoms with van der Waals surface area (Å²) in [6.07, 6.45) is 0.597. The van der Waals surface area contributed by atoms with Gasteiger partial charge < -0.3 is 10.6 Å². The molecule has 0 heterocycles. The van der Waals surface area contributed by atoms with Crippen molar-refractivity contribution in [3.05, 3.63) is 66.0 Å². The topological polar surface area (TPSA) is 41.1 Å². The highest BCUT2D eigenvalue weighted by atomic mass is 19.1. The third-order valence-corrected chi connectivity index (χ3v) is 2.62. The van der Waals surface area contributed by atoms with Crippen LogP contribution >= 0.6 is 0 Å². The second kappa shape index (κ2) is 6.54.